The van der Waals surface area contributed by atoms with Crippen molar-refractivity contribution >= 4 is 34.2 Å². The van der Waals surface area contributed by atoms with Crippen molar-refractivity contribution in [3.63, 3.8) is 0 Å². The topological polar surface area (TPSA) is 50.7 Å². The summed E-state index contributed by atoms with van der Waals surface area (Å²) in [6.07, 6.45) is -5.33. The molecule has 0 saturated heterocycles. The van der Waals surface area contributed by atoms with Crippen molar-refractivity contribution in [3.8, 4) is 0 Å². The summed E-state index contributed by atoms with van der Waals surface area (Å²) in [6, 6.07) is 2.82. The fourth-order valence-electron chi connectivity index (χ4n) is 2.30. The molecule has 0 spiro atoms. The van der Waals surface area contributed by atoms with Crippen LogP contribution in [0.4, 0.5) is 37.8 Å². The summed E-state index contributed by atoms with van der Waals surface area (Å²) < 4.78 is 78.1. The van der Waals surface area contributed by atoms with E-state index in [2.05, 4.69) is 20.3 Å². The summed E-state index contributed by atoms with van der Waals surface area (Å²) >= 11 is 1.18. The van der Waals surface area contributed by atoms with Crippen LogP contribution < -0.4 is 5.32 Å². The van der Waals surface area contributed by atoms with Gasteiger partial charge >= 0.3 is 12.4 Å². The molecule has 0 atom stereocenters. The molecule has 0 aliphatic rings. The Hall–Kier alpha value is -2.56. The van der Waals surface area contributed by atoms with E-state index in [1.807, 2.05) is 0 Å². The standard InChI is InChI=1S/C16H10F6N4S/c1-27-14-25-12-2-3-23-7-11(12)13(26-14)24-10-5-8(15(17,18)19)4-9(6-10)16(20,21)22/h2-7H,1H3,(H,24,25,26). The summed E-state index contributed by atoms with van der Waals surface area (Å²) in [5.41, 5.74) is -2.77. The Bertz CT molecular complexity index is 955. The Morgan fingerprint density at radius 2 is 1.56 bits per heavy atom. The highest BCUT2D eigenvalue weighted by atomic mass is 32.2. The smallest absolute Gasteiger partial charge is 0.340 e. The van der Waals surface area contributed by atoms with Gasteiger partial charge in [0, 0.05) is 18.1 Å². The zero-order valence-corrected chi connectivity index (χ0v) is 14.3. The number of fused-ring (bicyclic) bond motifs is 1. The minimum Gasteiger partial charge on any atom is -0.340 e. The molecule has 0 radical (unpaired) electrons. The number of thioether (sulfide) groups is 1. The van der Waals surface area contributed by atoms with Gasteiger partial charge in [-0.05, 0) is 30.5 Å². The third-order valence-corrected chi connectivity index (χ3v) is 4.06. The molecule has 2 heterocycles. The Labute approximate surface area is 153 Å². The first kappa shape index (κ1) is 19.2. The number of pyridine rings is 1. The third-order valence-electron chi connectivity index (χ3n) is 3.51. The number of hydrogen-bond donors (Lipinski definition) is 1. The molecule has 0 aliphatic heterocycles. The molecular weight excluding hydrogens is 394 g/mol. The first-order valence-electron chi connectivity index (χ1n) is 7.30. The number of aromatic nitrogens is 3. The Morgan fingerprint density at radius 3 is 2.11 bits per heavy atom. The largest absolute Gasteiger partial charge is 0.416 e. The quantitative estimate of drug-likeness (QED) is 0.354. The maximum Gasteiger partial charge on any atom is 0.416 e. The van der Waals surface area contributed by atoms with E-state index in [9.17, 15) is 26.3 Å². The van der Waals surface area contributed by atoms with Gasteiger partial charge in [-0.15, -0.1) is 0 Å². The molecule has 3 aromatic rings. The van der Waals surface area contributed by atoms with E-state index >= 15 is 0 Å². The predicted molar refractivity (Wildman–Crippen MR) is 88.8 cm³/mol. The molecule has 0 unspecified atom stereocenters. The van der Waals surface area contributed by atoms with Crippen LogP contribution in [-0.4, -0.2) is 21.2 Å². The lowest BCUT2D eigenvalue weighted by atomic mass is 10.1. The zero-order valence-electron chi connectivity index (χ0n) is 13.5. The Kier molecular flexibility index (Phi) is 4.89. The number of anilines is 2. The molecule has 1 aromatic carbocycles. The predicted octanol–water partition coefficient (Wildman–Crippen LogP) is 5.53. The Morgan fingerprint density at radius 1 is 0.926 bits per heavy atom. The number of halogens is 6. The van der Waals surface area contributed by atoms with Crippen LogP contribution in [0.2, 0.25) is 0 Å². The van der Waals surface area contributed by atoms with Gasteiger partial charge in [-0.25, -0.2) is 9.97 Å². The summed E-state index contributed by atoms with van der Waals surface area (Å²) in [6.45, 7) is 0. The van der Waals surface area contributed by atoms with Crippen molar-refractivity contribution in [2.75, 3.05) is 11.6 Å². The SMILES string of the molecule is CSc1nc(Nc2cc(C(F)(F)F)cc(C(F)(F)F)c2)c2cnccc2n1. The van der Waals surface area contributed by atoms with E-state index in [4.69, 9.17) is 0 Å². The van der Waals surface area contributed by atoms with Crippen LogP contribution in [0, 0.1) is 0 Å². The molecule has 0 fully saturated rings. The highest BCUT2D eigenvalue weighted by molar-refractivity contribution is 7.98. The van der Waals surface area contributed by atoms with Gasteiger partial charge in [0.05, 0.1) is 22.0 Å². The van der Waals surface area contributed by atoms with E-state index in [1.54, 1.807) is 12.3 Å². The summed E-state index contributed by atoms with van der Waals surface area (Å²) in [5.74, 6) is 0.0601. The monoisotopic (exact) mass is 404 g/mol. The third kappa shape index (κ3) is 4.24. The van der Waals surface area contributed by atoms with Crippen LogP contribution in [0.1, 0.15) is 11.1 Å². The van der Waals surface area contributed by atoms with Gasteiger partial charge in [0.25, 0.3) is 0 Å². The molecule has 27 heavy (non-hydrogen) atoms. The van der Waals surface area contributed by atoms with Gasteiger partial charge in [-0.3, -0.25) is 4.98 Å². The number of benzene rings is 1. The molecule has 0 bridgehead atoms. The van der Waals surface area contributed by atoms with E-state index in [0.717, 1.165) is 0 Å². The number of rotatable bonds is 3. The van der Waals surface area contributed by atoms with Crippen LogP contribution >= 0.6 is 11.8 Å². The van der Waals surface area contributed by atoms with E-state index < -0.39 is 29.2 Å². The van der Waals surface area contributed by atoms with E-state index in [-0.39, 0.29) is 11.9 Å². The highest BCUT2D eigenvalue weighted by Crippen LogP contribution is 2.38. The maximum absolute atomic E-state index is 13.0. The van der Waals surface area contributed by atoms with Crippen LogP contribution in [0.25, 0.3) is 10.9 Å². The van der Waals surface area contributed by atoms with Gasteiger partial charge in [0.2, 0.25) is 0 Å². The fraction of sp³-hybridized carbons (Fsp3) is 0.188. The second-order valence-corrected chi connectivity index (χ2v) is 6.14. The lowest BCUT2D eigenvalue weighted by Gasteiger charge is -2.16. The van der Waals surface area contributed by atoms with E-state index in [0.29, 0.717) is 28.2 Å². The molecule has 0 aliphatic carbocycles. The maximum atomic E-state index is 13.0. The van der Waals surface area contributed by atoms with Gasteiger partial charge < -0.3 is 5.32 Å². The van der Waals surface area contributed by atoms with E-state index in [1.165, 1.54) is 24.2 Å². The molecule has 11 heteroatoms. The number of nitrogens with zero attached hydrogens (tertiary/aromatic N) is 3. The minimum absolute atomic E-state index is 0.0601. The average Bonchev–Trinajstić information content (AvgIpc) is 2.59. The second kappa shape index (κ2) is 6.87. The van der Waals surface area contributed by atoms with Gasteiger partial charge in [0.1, 0.15) is 5.82 Å². The first-order chi connectivity index (χ1) is 12.6. The number of hydrogen-bond acceptors (Lipinski definition) is 5. The van der Waals surface area contributed by atoms with Crippen molar-refractivity contribution in [1.82, 2.24) is 15.0 Å². The lowest BCUT2D eigenvalue weighted by molar-refractivity contribution is -0.143. The van der Waals surface area contributed by atoms with Crippen LogP contribution in [0.15, 0.2) is 41.8 Å². The van der Waals surface area contributed by atoms with Crippen molar-refractivity contribution in [2.24, 2.45) is 0 Å². The highest BCUT2D eigenvalue weighted by Gasteiger charge is 2.37. The van der Waals surface area contributed by atoms with Gasteiger partial charge in [-0.2, -0.15) is 26.3 Å². The van der Waals surface area contributed by atoms with Gasteiger partial charge in [-0.1, -0.05) is 11.8 Å². The van der Waals surface area contributed by atoms with Crippen LogP contribution in [-0.2, 0) is 12.4 Å². The molecule has 0 saturated carbocycles. The molecule has 0 amide bonds. The Balaban J connectivity index is 2.14. The van der Waals surface area contributed by atoms with Gasteiger partial charge in [0.15, 0.2) is 5.16 Å². The average molecular weight is 404 g/mol. The van der Waals surface area contributed by atoms with Crippen molar-refractivity contribution < 1.29 is 26.3 Å². The molecule has 2 aromatic heterocycles. The molecule has 3 rings (SSSR count). The van der Waals surface area contributed by atoms with Crippen molar-refractivity contribution in [3.05, 3.63) is 47.8 Å². The van der Waals surface area contributed by atoms with Crippen LogP contribution in [0.5, 0.6) is 0 Å². The molecule has 4 nitrogen and oxygen atoms in total. The minimum atomic E-state index is -4.93. The lowest BCUT2D eigenvalue weighted by Crippen LogP contribution is -2.12. The number of nitrogens with one attached hydrogen (secondary N) is 1. The number of alkyl halides is 6. The van der Waals surface area contributed by atoms with Crippen LogP contribution in [0.3, 0.4) is 0 Å². The molecule has 142 valence electrons. The molecule has 1 N–H and O–H groups in total. The normalized spacial score (nSPS) is 12.4. The first-order valence-corrected chi connectivity index (χ1v) is 8.52. The second-order valence-electron chi connectivity index (χ2n) is 5.37. The summed E-state index contributed by atoms with van der Waals surface area (Å²) in [5, 5.41) is 3.21. The van der Waals surface area contributed by atoms with Crippen molar-refractivity contribution in [1.29, 1.82) is 0 Å². The fourth-order valence-corrected chi connectivity index (χ4v) is 2.67. The van der Waals surface area contributed by atoms with Crippen molar-refractivity contribution in [2.45, 2.75) is 17.5 Å². The molecular formula is C16H10F6N4S. The summed E-state index contributed by atoms with van der Waals surface area (Å²) in [4.78, 5) is 12.3. The summed E-state index contributed by atoms with van der Waals surface area (Å²) in [7, 11) is 0. The zero-order chi connectivity index (χ0) is 19.8.